The molecule has 0 radical (unpaired) electrons. The quantitative estimate of drug-likeness (QED) is 0.171. The van der Waals surface area contributed by atoms with E-state index in [4.69, 9.17) is 15.0 Å². The van der Waals surface area contributed by atoms with Crippen LogP contribution in [0.1, 0.15) is 0 Å². The van der Waals surface area contributed by atoms with Crippen LogP contribution < -0.4 is 0 Å². The molecule has 0 amide bonds. The van der Waals surface area contributed by atoms with Crippen LogP contribution in [0, 0.1) is 0 Å². The summed E-state index contributed by atoms with van der Waals surface area (Å²) in [7, 11) is 0. The second-order valence-corrected chi connectivity index (χ2v) is 13.8. The Bertz CT molecular complexity index is 2910. The molecule has 238 valence electrons. The lowest BCUT2D eigenvalue weighted by atomic mass is 9.94. The van der Waals surface area contributed by atoms with Crippen molar-refractivity contribution in [3.8, 4) is 56.4 Å². The molecule has 2 heterocycles. The fraction of sp³-hybridized carbons (Fsp3) is 0. The topological polar surface area (TPSA) is 38.7 Å². The number of aromatic nitrogens is 3. The molecule has 10 aromatic rings. The van der Waals surface area contributed by atoms with E-state index in [9.17, 15) is 0 Å². The van der Waals surface area contributed by atoms with Gasteiger partial charge in [-0.15, -0.1) is 11.3 Å². The number of rotatable bonds is 5. The van der Waals surface area contributed by atoms with Crippen molar-refractivity contribution in [3.63, 3.8) is 0 Å². The van der Waals surface area contributed by atoms with Crippen molar-refractivity contribution in [1.82, 2.24) is 15.0 Å². The minimum atomic E-state index is 0.642. The Morgan fingerprint density at radius 1 is 0.333 bits per heavy atom. The Balaban J connectivity index is 1.28. The van der Waals surface area contributed by atoms with Crippen LogP contribution in [0.15, 0.2) is 176 Å². The molecule has 0 aliphatic rings. The van der Waals surface area contributed by atoms with Crippen LogP contribution in [0.3, 0.4) is 0 Å². The van der Waals surface area contributed by atoms with E-state index in [1.807, 2.05) is 0 Å². The summed E-state index contributed by atoms with van der Waals surface area (Å²) >= 11 is 1.79. The summed E-state index contributed by atoms with van der Waals surface area (Å²) in [5.41, 5.74) is 7.44. The highest BCUT2D eigenvalue weighted by atomic mass is 32.1. The largest absolute Gasteiger partial charge is 0.208 e. The van der Waals surface area contributed by atoms with E-state index in [1.165, 1.54) is 30.9 Å². The zero-order valence-electron chi connectivity index (χ0n) is 27.5. The van der Waals surface area contributed by atoms with Gasteiger partial charge in [-0.1, -0.05) is 152 Å². The lowest BCUT2D eigenvalue weighted by Crippen LogP contribution is -2.02. The molecule has 8 aromatic carbocycles. The van der Waals surface area contributed by atoms with E-state index in [0.29, 0.717) is 17.5 Å². The fourth-order valence-corrected chi connectivity index (χ4v) is 8.52. The number of hydrogen-bond acceptors (Lipinski definition) is 4. The summed E-state index contributed by atoms with van der Waals surface area (Å²) in [6.45, 7) is 0. The maximum absolute atomic E-state index is 5.35. The van der Waals surface area contributed by atoms with E-state index in [1.54, 1.807) is 11.3 Å². The summed E-state index contributed by atoms with van der Waals surface area (Å²) in [4.78, 5) is 16.0. The first-order chi connectivity index (χ1) is 25.3. The third kappa shape index (κ3) is 5.08. The van der Waals surface area contributed by atoms with Gasteiger partial charge in [0.05, 0.1) is 0 Å². The van der Waals surface area contributed by atoms with Crippen LogP contribution in [0.4, 0.5) is 0 Å². The smallest absolute Gasteiger partial charge is 0.165 e. The average Bonchev–Trinajstić information content (AvgIpc) is 3.60. The number of hydrogen-bond donors (Lipinski definition) is 0. The predicted octanol–water partition coefficient (Wildman–Crippen LogP) is 12.9. The van der Waals surface area contributed by atoms with Gasteiger partial charge in [0.15, 0.2) is 17.5 Å². The second-order valence-electron chi connectivity index (χ2n) is 12.8. The van der Waals surface area contributed by atoms with Crippen LogP contribution in [0.5, 0.6) is 0 Å². The average molecular weight is 668 g/mol. The Morgan fingerprint density at radius 3 is 1.75 bits per heavy atom. The van der Waals surface area contributed by atoms with Crippen LogP contribution in [0.25, 0.3) is 98.1 Å². The molecule has 0 N–H and O–H groups in total. The van der Waals surface area contributed by atoms with Crippen molar-refractivity contribution < 1.29 is 0 Å². The number of benzene rings is 8. The lowest BCUT2D eigenvalue weighted by molar-refractivity contribution is 1.08. The van der Waals surface area contributed by atoms with E-state index in [2.05, 4.69) is 176 Å². The highest BCUT2D eigenvalue weighted by Gasteiger charge is 2.20. The van der Waals surface area contributed by atoms with Gasteiger partial charge in [0.2, 0.25) is 0 Å². The van der Waals surface area contributed by atoms with E-state index >= 15 is 0 Å². The van der Waals surface area contributed by atoms with Crippen molar-refractivity contribution in [3.05, 3.63) is 176 Å². The van der Waals surface area contributed by atoms with Crippen LogP contribution >= 0.6 is 11.3 Å². The van der Waals surface area contributed by atoms with Gasteiger partial charge in [-0.25, -0.2) is 15.0 Å². The molecule has 3 nitrogen and oxygen atoms in total. The zero-order chi connectivity index (χ0) is 33.7. The van der Waals surface area contributed by atoms with Gasteiger partial charge in [-0.2, -0.15) is 0 Å². The normalized spacial score (nSPS) is 11.5. The molecule has 0 saturated carbocycles. The molecule has 10 rings (SSSR count). The predicted molar refractivity (Wildman–Crippen MR) is 215 cm³/mol. The molecule has 0 saturated heterocycles. The van der Waals surface area contributed by atoms with Gasteiger partial charge < -0.3 is 0 Å². The molecule has 0 aliphatic heterocycles. The van der Waals surface area contributed by atoms with Crippen LogP contribution in [-0.4, -0.2) is 15.0 Å². The Kier molecular flexibility index (Phi) is 7.00. The maximum Gasteiger partial charge on any atom is 0.165 e. The molecule has 0 spiro atoms. The molecule has 0 unspecified atom stereocenters. The first kappa shape index (κ1) is 29.4. The van der Waals surface area contributed by atoms with E-state index in [-0.39, 0.29) is 0 Å². The zero-order valence-corrected chi connectivity index (χ0v) is 28.3. The van der Waals surface area contributed by atoms with Crippen LogP contribution in [0.2, 0.25) is 0 Å². The fourth-order valence-electron chi connectivity index (χ4n) is 7.31. The van der Waals surface area contributed by atoms with E-state index in [0.717, 1.165) is 49.7 Å². The number of nitrogens with zero attached hydrogens (tertiary/aromatic N) is 3. The molecular weight excluding hydrogens is 639 g/mol. The SMILES string of the molecule is c1ccc(-c2ccc(-c3nc(-c4cccc5c4sc4ccccc45)nc(-c4cccc5ccc6ccccc6c45)n3)c(-c3ccccc3)c2)cc1. The Labute approximate surface area is 299 Å². The van der Waals surface area contributed by atoms with Gasteiger partial charge >= 0.3 is 0 Å². The van der Waals surface area contributed by atoms with Gasteiger partial charge in [0, 0.05) is 42.2 Å². The summed E-state index contributed by atoms with van der Waals surface area (Å²) in [5.74, 6) is 1.96. The van der Waals surface area contributed by atoms with Crippen molar-refractivity contribution in [1.29, 1.82) is 0 Å². The minimum Gasteiger partial charge on any atom is -0.208 e. The van der Waals surface area contributed by atoms with Gasteiger partial charge in [-0.05, 0) is 62.7 Å². The Hall–Kier alpha value is -6.49. The third-order valence-corrected chi connectivity index (χ3v) is 11.0. The molecule has 0 aliphatic carbocycles. The third-order valence-electron chi connectivity index (χ3n) is 9.74. The first-order valence-electron chi connectivity index (χ1n) is 17.1. The van der Waals surface area contributed by atoms with Gasteiger partial charge in [-0.3, -0.25) is 0 Å². The van der Waals surface area contributed by atoms with Gasteiger partial charge in [0.1, 0.15) is 0 Å². The number of thiophene rings is 1. The maximum atomic E-state index is 5.35. The molecule has 51 heavy (non-hydrogen) atoms. The second kappa shape index (κ2) is 12.1. The summed E-state index contributed by atoms with van der Waals surface area (Å²) in [6.07, 6.45) is 0. The van der Waals surface area contributed by atoms with Gasteiger partial charge in [0.25, 0.3) is 0 Å². The summed E-state index contributed by atoms with van der Waals surface area (Å²) < 4.78 is 2.42. The first-order valence-corrected chi connectivity index (χ1v) is 17.9. The monoisotopic (exact) mass is 667 g/mol. The standard InChI is InChI=1S/C47H29N3S/c1-3-13-30(14-4-1)34-27-28-38(41(29-34)31-15-5-2-6-16-31)45-48-46(39-22-11-18-33-26-25-32-17-7-8-19-35(32)43(33)39)50-47(49-45)40-23-12-21-37-36-20-9-10-24-42(36)51-44(37)40/h1-29H. The number of fused-ring (bicyclic) bond motifs is 6. The summed E-state index contributed by atoms with van der Waals surface area (Å²) in [6, 6.07) is 62.1. The van der Waals surface area contributed by atoms with Crippen molar-refractivity contribution in [2.45, 2.75) is 0 Å². The van der Waals surface area contributed by atoms with Crippen molar-refractivity contribution >= 4 is 53.1 Å². The molecule has 0 atom stereocenters. The molecular formula is C47H29N3S. The molecule has 0 fully saturated rings. The highest BCUT2D eigenvalue weighted by Crippen LogP contribution is 2.42. The van der Waals surface area contributed by atoms with Crippen LogP contribution in [-0.2, 0) is 0 Å². The van der Waals surface area contributed by atoms with E-state index < -0.39 is 0 Å². The Morgan fingerprint density at radius 2 is 0.922 bits per heavy atom. The summed E-state index contributed by atoms with van der Waals surface area (Å²) in [5, 5.41) is 7.12. The molecule has 0 bridgehead atoms. The minimum absolute atomic E-state index is 0.642. The molecule has 2 aromatic heterocycles. The lowest BCUT2D eigenvalue weighted by Gasteiger charge is -2.15. The highest BCUT2D eigenvalue weighted by molar-refractivity contribution is 7.26. The van der Waals surface area contributed by atoms with Crippen molar-refractivity contribution in [2.75, 3.05) is 0 Å². The van der Waals surface area contributed by atoms with Crippen molar-refractivity contribution in [2.24, 2.45) is 0 Å². The molecule has 4 heteroatoms.